The van der Waals surface area contributed by atoms with Gasteiger partial charge in [-0.25, -0.2) is 14.5 Å². The summed E-state index contributed by atoms with van der Waals surface area (Å²) in [5.74, 6) is -3.35. The van der Waals surface area contributed by atoms with Crippen LogP contribution in [0.1, 0.15) is 49.9 Å². The molecule has 1 saturated carbocycles. The molecule has 0 atom stereocenters. The molecule has 3 N–H and O–H groups in total. The average molecular weight is 556 g/mol. The van der Waals surface area contributed by atoms with Gasteiger partial charge in [0, 0.05) is 36.0 Å². The number of aromatic nitrogens is 5. The van der Waals surface area contributed by atoms with Crippen LogP contribution in [-0.2, 0) is 4.79 Å². The molecular weight excluding hydrogens is 527 g/mol. The lowest BCUT2D eigenvalue weighted by atomic mass is 9.81. The number of halogens is 3. The Morgan fingerprint density at radius 3 is 2.33 bits per heavy atom. The Kier molecular flexibility index (Phi) is 6.98. The number of carboxylic acids is 1. The van der Waals surface area contributed by atoms with Crippen LogP contribution in [0.4, 0.5) is 24.8 Å². The van der Waals surface area contributed by atoms with E-state index in [4.69, 9.17) is 5.73 Å². The van der Waals surface area contributed by atoms with E-state index in [0.717, 1.165) is 5.56 Å². The molecule has 5 rings (SSSR count). The van der Waals surface area contributed by atoms with E-state index >= 15 is 0 Å². The van der Waals surface area contributed by atoms with Gasteiger partial charge in [-0.2, -0.15) is 22.8 Å². The number of fused-ring (bicyclic) bond motifs is 1. The van der Waals surface area contributed by atoms with Crippen LogP contribution in [0.25, 0.3) is 22.6 Å². The predicted molar refractivity (Wildman–Crippen MR) is 141 cm³/mol. The van der Waals surface area contributed by atoms with Crippen molar-refractivity contribution in [3.8, 4) is 16.9 Å². The van der Waals surface area contributed by atoms with Crippen molar-refractivity contribution in [2.45, 2.75) is 51.7 Å². The van der Waals surface area contributed by atoms with Gasteiger partial charge < -0.3 is 10.8 Å². The quantitative estimate of drug-likeness (QED) is 0.343. The zero-order chi connectivity index (χ0) is 28.8. The number of carbonyl (C=O) groups excluding carboxylic acids is 1. The van der Waals surface area contributed by atoms with E-state index in [9.17, 15) is 27.9 Å². The van der Waals surface area contributed by atoms with Crippen molar-refractivity contribution in [1.82, 2.24) is 24.4 Å². The number of alkyl halides is 3. The maximum Gasteiger partial charge on any atom is 0.391 e. The van der Waals surface area contributed by atoms with Gasteiger partial charge in [0.05, 0.1) is 17.3 Å². The number of hydrogen-bond donors (Lipinski definition) is 2. The lowest BCUT2D eigenvalue weighted by Gasteiger charge is -2.34. The number of anilines is 2. The Morgan fingerprint density at radius 1 is 1.07 bits per heavy atom. The number of amides is 1. The number of hydrogen-bond acceptors (Lipinski definition) is 6. The van der Waals surface area contributed by atoms with Gasteiger partial charge in [-0.1, -0.05) is 12.1 Å². The zero-order valence-electron chi connectivity index (χ0n) is 21.8. The summed E-state index contributed by atoms with van der Waals surface area (Å²) in [6, 6.07) is 10.0. The van der Waals surface area contributed by atoms with Crippen LogP contribution in [0.3, 0.4) is 0 Å². The molecule has 1 aliphatic carbocycles. The molecular formula is C27H28F3N7O3. The summed E-state index contributed by atoms with van der Waals surface area (Å²) in [7, 11) is 0. The van der Waals surface area contributed by atoms with E-state index < -0.39 is 35.9 Å². The largest absolute Gasteiger partial charge is 0.477 e. The molecule has 40 heavy (non-hydrogen) atoms. The summed E-state index contributed by atoms with van der Waals surface area (Å²) in [6.45, 7) is 3.43. The molecule has 3 aromatic heterocycles. The first-order valence-corrected chi connectivity index (χ1v) is 12.9. The maximum atomic E-state index is 13.5. The van der Waals surface area contributed by atoms with Crippen molar-refractivity contribution in [3.05, 3.63) is 54.4 Å². The Hall–Kier alpha value is -4.42. The molecule has 0 aliphatic heterocycles. The summed E-state index contributed by atoms with van der Waals surface area (Å²) in [4.78, 5) is 31.2. The van der Waals surface area contributed by atoms with Crippen molar-refractivity contribution in [2.24, 2.45) is 11.8 Å². The van der Waals surface area contributed by atoms with Crippen LogP contribution in [-0.4, -0.2) is 53.6 Å². The van der Waals surface area contributed by atoms with E-state index in [-0.39, 0.29) is 37.1 Å². The molecule has 1 aliphatic rings. The summed E-state index contributed by atoms with van der Waals surface area (Å²) in [5, 5.41) is 18.8. The van der Waals surface area contributed by atoms with Crippen LogP contribution in [0.5, 0.6) is 0 Å². The van der Waals surface area contributed by atoms with E-state index in [1.54, 1.807) is 56.4 Å². The SMILES string of the molecule is CC(C)N(C(=O)C1CCC(C(F)(F)F)CC1)c1nn(-c2ccc(-c3cc4nccc(N)n4n3)cc2)cc1C(=O)O. The topological polar surface area (TPSA) is 132 Å². The molecule has 0 spiro atoms. The molecule has 10 nitrogen and oxygen atoms in total. The zero-order valence-corrected chi connectivity index (χ0v) is 21.8. The maximum absolute atomic E-state index is 13.5. The molecule has 0 bridgehead atoms. The van der Waals surface area contributed by atoms with Gasteiger partial charge in [-0.3, -0.25) is 9.69 Å². The van der Waals surface area contributed by atoms with Gasteiger partial charge >= 0.3 is 12.1 Å². The fourth-order valence-corrected chi connectivity index (χ4v) is 5.13. The normalized spacial score (nSPS) is 17.9. The van der Waals surface area contributed by atoms with Gasteiger partial charge in [-0.05, 0) is 57.7 Å². The number of rotatable bonds is 6. The second-order valence-corrected chi connectivity index (χ2v) is 10.2. The molecule has 4 aromatic rings. The first kappa shape index (κ1) is 27.2. The van der Waals surface area contributed by atoms with E-state index in [1.807, 2.05) is 0 Å². The number of carboxylic acid groups (broad SMARTS) is 1. The number of carbonyl (C=O) groups is 2. The van der Waals surface area contributed by atoms with E-state index in [2.05, 4.69) is 15.2 Å². The molecule has 1 amide bonds. The average Bonchev–Trinajstić information content (AvgIpc) is 3.54. The third-order valence-corrected chi connectivity index (χ3v) is 7.26. The Bertz CT molecular complexity index is 1550. The van der Waals surface area contributed by atoms with Crippen LogP contribution in [0.15, 0.2) is 48.8 Å². The fraction of sp³-hybridized carbons (Fsp3) is 0.370. The number of benzene rings is 1. The van der Waals surface area contributed by atoms with Crippen LogP contribution in [0, 0.1) is 11.8 Å². The summed E-state index contributed by atoms with van der Waals surface area (Å²) >= 11 is 0. The highest BCUT2D eigenvalue weighted by molar-refractivity contribution is 6.01. The second kappa shape index (κ2) is 10.3. The van der Waals surface area contributed by atoms with Gasteiger partial charge in [0.15, 0.2) is 11.5 Å². The second-order valence-electron chi connectivity index (χ2n) is 10.2. The van der Waals surface area contributed by atoms with Gasteiger partial charge in [0.25, 0.3) is 0 Å². The van der Waals surface area contributed by atoms with Gasteiger partial charge in [-0.15, -0.1) is 5.10 Å². The first-order valence-electron chi connectivity index (χ1n) is 12.9. The van der Waals surface area contributed by atoms with Gasteiger partial charge in [0.1, 0.15) is 11.4 Å². The Balaban J connectivity index is 1.42. The van der Waals surface area contributed by atoms with Crippen LogP contribution in [0.2, 0.25) is 0 Å². The summed E-state index contributed by atoms with van der Waals surface area (Å²) in [6.07, 6.45) is -1.46. The first-order chi connectivity index (χ1) is 18.9. The minimum absolute atomic E-state index is 0.0450. The lowest BCUT2D eigenvalue weighted by Crippen LogP contribution is -2.44. The van der Waals surface area contributed by atoms with Crippen LogP contribution >= 0.6 is 0 Å². The van der Waals surface area contributed by atoms with Crippen molar-refractivity contribution in [1.29, 1.82) is 0 Å². The Labute approximate surface area is 227 Å². The molecule has 0 unspecified atom stereocenters. The molecule has 13 heteroatoms. The number of nitrogens with zero attached hydrogens (tertiary/aromatic N) is 6. The van der Waals surface area contributed by atoms with Crippen molar-refractivity contribution in [3.63, 3.8) is 0 Å². The van der Waals surface area contributed by atoms with Gasteiger partial charge in [0.2, 0.25) is 5.91 Å². The van der Waals surface area contributed by atoms with Crippen LogP contribution < -0.4 is 10.6 Å². The third-order valence-electron chi connectivity index (χ3n) is 7.26. The summed E-state index contributed by atoms with van der Waals surface area (Å²) in [5.41, 5.74) is 8.31. The predicted octanol–water partition coefficient (Wildman–Crippen LogP) is 4.97. The highest BCUT2D eigenvalue weighted by Crippen LogP contribution is 2.40. The Morgan fingerprint density at radius 2 is 1.75 bits per heavy atom. The lowest BCUT2D eigenvalue weighted by molar-refractivity contribution is -0.184. The molecule has 1 aromatic carbocycles. The van der Waals surface area contributed by atoms with E-state index in [0.29, 0.717) is 22.8 Å². The number of nitrogens with two attached hydrogens (primary N) is 1. The third kappa shape index (κ3) is 5.10. The minimum atomic E-state index is -4.29. The standard InChI is InChI=1S/C27H28F3N7O3/c1-15(2)36(25(38)17-3-7-18(8-4-17)27(28,29)30)24-20(26(39)40)14-35(34-24)19-9-5-16(6-10-19)21-13-23-32-12-11-22(31)37(23)33-21/h5-6,9-15,17-18H,3-4,7-8,31H2,1-2H3,(H,39,40). The van der Waals surface area contributed by atoms with Crippen molar-refractivity contribution >= 4 is 29.2 Å². The van der Waals surface area contributed by atoms with Crippen molar-refractivity contribution in [2.75, 3.05) is 10.6 Å². The molecule has 0 radical (unpaired) electrons. The smallest absolute Gasteiger partial charge is 0.391 e. The fourth-order valence-electron chi connectivity index (χ4n) is 5.13. The molecule has 3 heterocycles. The monoisotopic (exact) mass is 555 g/mol. The molecule has 210 valence electrons. The molecule has 1 fully saturated rings. The van der Waals surface area contributed by atoms with Crippen molar-refractivity contribution < 1.29 is 27.9 Å². The van der Waals surface area contributed by atoms with E-state index in [1.165, 1.54) is 20.3 Å². The minimum Gasteiger partial charge on any atom is -0.477 e. The summed E-state index contributed by atoms with van der Waals surface area (Å²) < 4.78 is 42.3. The number of aromatic carboxylic acids is 1. The molecule has 0 saturated heterocycles. The highest BCUT2D eigenvalue weighted by Gasteiger charge is 2.43. The highest BCUT2D eigenvalue weighted by atomic mass is 19.4. The number of nitrogen functional groups attached to an aromatic ring is 1.